The van der Waals surface area contributed by atoms with E-state index < -0.39 is 12.0 Å². The van der Waals surface area contributed by atoms with E-state index in [2.05, 4.69) is 22.0 Å². The molecular weight excluding hydrogens is 298 g/mol. The van der Waals surface area contributed by atoms with Crippen molar-refractivity contribution < 1.29 is 9.90 Å². The second kappa shape index (κ2) is 6.52. The summed E-state index contributed by atoms with van der Waals surface area (Å²) in [5, 5.41) is 8.56. The molecule has 0 amide bonds. The summed E-state index contributed by atoms with van der Waals surface area (Å²) in [6, 6.07) is 3.36. The lowest BCUT2D eigenvalue weighted by molar-refractivity contribution is -0.138. The highest BCUT2D eigenvalue weighted by atomic mass is 79.9. The van der Waals surface area contributed by atoms with Crippen molar-refractivity contribution in [3.05, 3.63) is 20.8 Å². The average Bonchev–Trinajstić information content (AvgIpc) is 2.58. The topological polar surface area (TPSA) is 63.3 Å². The summed E-state index contributed by atoms with van der Waals surface area (Å²) in [6.07, 6.45) is 0.520. The molecule has 1 rings (SSSR count). The number of hydrogen-bond acceptors (Lipinski definition) is 4. The van der Waals surface area contributed by atoms with Crippen LogP contribution in [0.4, 0.5) is 0 Å². The van der Waals surface area contributed by atoms with E-state index in [0.717, 1.165) is 15.3 Å². The van der Waals surface area contributed by atoms with Crippen molar-refractivity contribution in [3.63, 3.8) is 0 Å². The molecule has 1 heterocycles. The highest BCUT2D eigenvalue weighted by molar-refractivity contribution is 9.11. The van der Waals surface area contributed by atoms with Crippen LogP contribution >= 0.6 is 39.0 Å². The summed E-state index contributed by atoms with van der Waals surface area (Å²) in [5.74, 6) is 0.778. The van der Waals surface area contributed by atoms with Crippen molar-refractivity contribution in [2.75, 3.05) is 5.75 Å². The Kier molecular flexibility index (Phi) is 5.66. The van der Waals surface area contributed by atoms with Crippen LogP contribution in [-0.4, -0.2) is 22.9 Å². The van der Waals surface area contributed by atoms with E-state index in [1.165, 1.54) is 4.88 Å². The minimum Gasteiger partial charge on any atom is -0.480 e. The minimum absolute atomic E-state index is 0.520. The van der Waals surface area contributed by atoms with E-state index in [-0.39, 0.29) is 0 Å². The van der Waals surface area contributed by atoms with E-state index in [1.807, 2.05) is 6.07 Å². The van der Waals surface area contributed by atoms with Crippen LogP contribution in [0.25, 0.3) is 0 Å². The van der Waals surface area contributed by atoms with Crippen LogP contribution in [0, 0.1) is 0 Å². The molecule has 0 spiro atoms. The Morgan fingerprint density at radius 1 is 1.67 bits per heavy atom. The fraction of sp³-hybridized carbons (Fsp3) is 0.444. The van der Waals surface area contributed by atoms with Crippen LogP contribution in [0.15, 0.2) is 15.9 Å². The Balaban J connectivity index is 2.14. The van der Waals surface area contributed by atoms with Gasteiger partial charge in [0, 0.05) is 10.6 Å². The van der Waals surface area contributed by atoms with Crippen LogP contribution in [0.2, 0.25) is 0 Å². The lowest BCUT2D eigenvalue weighted by atomic mass is 10.2. The zero-order chi connectivity index (χ0) is 11.3. The maximum absolute atomic E-state index is 10.4. The lowest BCUT2D eigenvalue weighted by Crippen LogP contribution is -2.30. The van der Waals surface area contributed by atoms with Crippen molar-refractivity contribution in [2.24, 2.45) is 5.73 Å². The molecule has 1 aromatic heterocycles. The molecule has 1 aromatic rings. The third kappa shape index (κ3) is 5.01. The summed E-state index contributed by atoms with van der Waals surface area (Å²) >= 11 is 6.81. The highest BCUT2D eigenvalue weighted by Gasteiger charge is 2.10. The van der Waals surface area contributed by atoms with Crippen LogP contribution in [0.3, 0.4) is 0 Å². The van der Waals surface area contributed by atoms with Gasteiger partial charge in [-0.1, -0.05) is 0 Å². The summed E-state index contributed by atoms with van der Waals surface area (Å²) in [4.78, 5) is 11.7. The highest BCUT2D eigenvalue weighted by Crippen LogP contribution is 2.25. The van der Waals surface area contributed by atoms with Gasteiger partial charge in [-0.3, -0.25) is 4.79 Å². The number of hydrogen-bond donors (Lipinski definition) is 2. The first-order chi connectivity index (χ1) is 7.09. The molecule has 3 nitrogen and oxygen atoms in total. The molecule has 6 heteroatoms. The van der Waals surface area contributed by atoms with Crippen LogP contribution in [0.1, 0.15) is 11.3 Å². The lowest BCUT2D eigenvalue weighted by Gasteiger charge is -2.04. The van der Waals surface area contributed by atoms with Crippen LogP contribution < -0.4 is 5.73 Å². The third-order valence-electron chi connectivity index (χ3n) is 1.76. The minimum atomic E-state index is -0.922. The Bertz CT molecular complexity index is 330. The van der Waals surface area contributed by atoms with Gasteiger partial charge in [0.1, 0.15) is 6.04 Å². The summed E-state index contributed by atoms with van der Waals surface area (Å²) in [6.45, 7) is 0. The molecule has 0 aliphatic rings. The number of thioether (sulfide) groups is 1. The molecule has 1 atom stereocenters. The largest absolute Gasteiger partial charge is 0.480 e. The zero-order valence-electron chi connectivity index (χ0n) is 7.98. The predicted octanol–water partition coefficient (Wildman–Crippen LogP) is 2.55. The van der Waals surface area contributed by atoms with E-state index in [1.54, 1.807) is 23.1 Å². The Hall–Kier alpha value is -0.0400. The number of carboxylic acid groups (broad SMARTS) is 1. The molecule has 0 bridgehead atoms. The van der Waals surface area contributed by atoms with Gasteiger partial charge < -0.3 is 10.8 Å². The first-order valence-corrected chi connectivity index (χ1v) is 7.16. The van der Waals surface area contributed by atoms with Crippen molar-refractivity contribution in [3.8, 4) is 0 Å². The van der Waals surface area contributed by atoms with Crippen molar-refractivity contribution in [2.45, 2.75) is 18.2 Å². The van der Waals surface area contributed by atoms with E-state index in [0.29, 0.717) is 6.42 Å². The molecule has 0 radical (unpaired) electrons. The number of carboxylic acids is 1. The van der Waals surface area contributed by atoms with Crippen molar-refractivity contribution in [1.82, 2.24) is 0 Å². The standard InChI is InChI=1S/C9H12BrNO2S2/c10-8-2-1-6(15-8)5-14-4-3-7(11)9(12)13/h1-2,7H,3-5,11H2,(H,12,13). The normalized spacial score (nSPS) is 12.7. The van der Waals surface area contributed by atoms with Gasteiger partial charge in [0.2, 0.25) is 0 Å². The van der Waals surface area contributed by atoms with Gasteiger partial charge in [-0.25, -0.2) is 0 Å². The second-order valence-electron chi connectivity index (χ2n) is 2.99. The van der Waals surface area contributed by atoms with Gasteiger partial charge in [-0.2, -0.15) is 11.8 Å². The number of nitrogens with two attached hydrogens (primary N) is 1. The number of carbonyl (C=O) groups is 1. The number of aliphatic carboxylic acids is 1. The van der Waals surface area contributed by atoms with Gasteiger partial charge >= 0.3 is 5.97 Å². The average molecular weight is 310 g/mol. The van der Waals surface area contributed by atoms with E-state index >= 15 is 0 Å². The van der Waals surface area contributed by atoms with E-state index in [4.69, 9.17) is 10.8 Å². The SMILES string of the molecule is NC(CCSCc1ccc(Br)s1)C(=O)O. The molecule has 0 saturated heterocycles. The van der Waals surface area contributed by atoms with Crippen LogP contribution in [0.5, 0.6) is 0 Å². The maximum Gasteiger partial charge on any atom is 0.320 e. The van der Waals surface area contributed by atoms with Crippen molar-refractivity contribution in [1.29, 1.82) is 0 Å². The van der Waals surface area contributed by atoms with E-state index in [9.17, 15) is 4.79 Å². The Labute approximate surface area is 105 Å². The molecule has 0 aromatic carbocycles. The summed E-state index contributed by atoms with van der Waals surface area (Å²) < 4.78 is 1.13. The molecule has 0 aliphatic carbocycles. The molecular formula is C9H12BrNO2S2. The molecule has 1 unspecified atom stereocenters. The molecule has 15 heavy (non-hydrogen) atoms. The maximum atomic E-state index is 10.4. The summed E-state index contributed by atoms with van der Waals surface area (Å²) in [5.41, 5.74) is 5.38. The van der Waals surface area contributed by atoms with Gasteiger partial charge in [0.15, 0.2) is 0 Å². The first kappa shape index (κ1) is 13.0. The summed E-state index contributed by atoms with van der Waals surface area (Å²) in [7, 11) is 0. The monoisotopic (exact) mass is 309 g/mol. The zero-order valence-corrected chi connectivity index (χ0v) is 11.2. The Morgan fingerprint density at radius 3 is 2.93 bits per heavy atom. The van der Waals surface area contributed by atoms with Gasteiger partial charge in [0.25, 0.3) is 0 Å². The first-order valence-electron chi connectivity index (χ1n) is 4.40. The third-order valence-corrected chi connectivity index (χ3v) is 4.61. The molecule has 3 N–H and O–H groups in total. The molecule has 0 saturated carbocycles. The fourth-order valence-electron chi connectivity index (χ4n) is 0.936. The smallest absolute Gasteiger partial charge is 0.320 e. The molecule has 0 fully saturated rings. The number of thiophene rings is 1. The van der Waals surface area contributed by atoms with Crippen molar-refractivity contribution >= 4 is 45.0 Å². The molecule has 84 valence electrons. The molecule has 0 aliphatic heterocycles. The number of halogens is 1. The fourth-order valence-corrected chi connectivity index (χ4v) is 3.56. The van der Waals surface area contributed by atoms with Gasteiger partial charge in [-0.05, 0) is 40.2 Å². The van der Waals surface area contributed by atoms with Gasteiger partial charge in [0.05, 0.1) is 3.79 Å². The van der Waals surface area contributed by atoms with Crippen LogP contribution in [-0.2, 0) is 10.5 Å². The van der Waals surface area contributed by atoms with Gasteiger partial charge in [-0.15, -0.1) is 11.3 Å². The predicted molar refractivity (Wildman–Crippen MR) is 68.4 cm³/mol. The Morgan fingerprint density at radius 2 is 2.40 bits per heavy atom. The number of rotatable bonds is 6. The quantitative estimate of drug-likeness (QED) is 0.793. The second-order valence-corrected chi connectivity index (χ2v) is 6.64.